The highest BCUT2D eigenvalue weighted by atomic mass is 16.6. The van der Waals surface area contributed by atoms with Gasteiger partial charge in [0.25, 0.3) is 0 Å². The Kier molecular flexibility index (Phi) is 2.92. The van der Waals surface area contributed by atoms with Gasteiger partial charge in [-0.05, 0) is 93.4 Å². The Morgan fingerprint density at radius 1 is 1.00 bits per heavy atom. The molecule has 0 aliphatic heterocycles. The van der Waals surface area contributed by atoms with Gasteiger partial charge in [0.05, 0.1) is 5.56 Å². The van der Waals surface area contributed by atoms with Crippen LogP contribution in [0.25, 0.3) is 0 Å². The number of benzene rings is 1. The van der Waals surface area contributed by atoms with E-state index in [1.807, 2.05) is 18.2 Å². The molecule has 0 saturated heterocycles. The molecule has 2 nitrogen and oxygen atoms in total. The van der Waals surface area contributed by atoms with Gasteiger partial charge in [0.15, 0.2) is 0 Å². The van der Waals surface area contributed by atoms with Crippen molar-refractivity contribution < 1.29 is 9.53 Å². The van der Waals surface area contributed by atoms with Crippen molar-refractivity contribution in [1.82, 2.24) is 0 Å². The lowest BCUT2D eigenvalue weighted by Gasteiger charge is -2.55. The van der Waals surface area contributed by atoms with E-state index in [1.54, 1.807) is 0 Å². The molecular weight excluding hydrogens is 260 g/mol. The van der Waals surface area contributed by atoms with E-state index in [0.717, 1.165) is 42.6 Å². The van der Waals surface area contributed by atoms with Crippen LogP contribution >= 0.6 is 0 Å². The van der Waals surface area contributed by atoms with E-state index in [9.17, 15) is 4.79 Å². The molecule has 0 radical (unpaired) electrons. The van der Waals surface area contributed by atoms with E-state index < -0.39 is 0 Å². The van der Waals surface area contributed by atoms with Crippen LogP contribution in [0.1, 0.15) is 60.0 Å². The number of rotatable bonds is 2. The summed E-state index contributed by atoms with van der Waals surface area (Å²) >= 11 is 0. The van der Waals surface area contributed by atoms with Crippen molar-refractivity contribution in [2.75, 3.05) is 0 Å². The van der Waals surface area contributed by atoms with E-state index in [-0.39, 0.29) is 11.6 Å². The molecule has 4 aliphatic carbocycles. The van der Waals surface area contributed by atoms with Crippen molar-refractivity contribution in [3.05, 3.63) is 34.9 Å². The van der Waals surface area contributed by atoms with E-state index in [4.69, 9.17) is 4.74 Å². The molecule has 0 unspecified atom stereocenters. The van der Waals surface area contributed by atoms with E-state index in [0.29, 0.717) is 5.56 Å². The van der Waals surface area contributed by atoms with Crippen molar-refractivity contribution in [3.8, 4) is 0 Å². The van der Waals surface area contributed by atoms with Crippen LogP contribution < -0.4 is 0 Å². The van der Waals surface area contributed by atoms with Crippen molar-refractivity contribution in [3.63, 3.8) is 0 Å². The van der Waals surface area contributed by atoms with Gasteiger partial charge in [-0.15, -0.1) is 0 Å². The predicted octanol–water partition coefficient (Wildman–Crippen LogP) is 4.43. The van der Waals surface area contributed by atoms with Crippen molar-refractivity contribution in [2.45, 2.75) is 58.0 Å². The third-order valence-electron chi connectivity index (χ3n) is 6.03. The van der Waals surface area contributed by atoms with Gasteiger partial charge in [0, 0.05) is 0 Å². The third-order valence-corrected chi connectivity index (χ3v) is 6.03. The van der Waals surface area contributed by atoms with Crippen LogP contribution in [-0.4, -0.2) is 11.6 Å². The van der Waals surface area contributed by atoms with Gasteiger partial charge < -0.3 is 4.74 Å². The van der Waals surface area contributed by atoms with Gasteiger partial charge in [-0.1, -0.05) is 6.07 Å². The van der Waals surface area contributed by atoms with Gasteiger partial charge in [-0.25, -0.2) is 4.79 Å². The number of aryl methyl sites for hydroxylation is 2. The zero-order chi connectivity index (χ0) is 14.6. The summed E-state index contributed by atoms with van der Waals surface area (Å²) in [6, 6.07) is 5.90. The highest BCUT2D eigenvalue weighted by Crippen LogP contribution is 2.57. The van der Waals surface area contributed by atoms with E-state index >= 15 is 0 Å². The van der Waals surface area contributed by atoms with Crippen LogP contribution in [0.3, 0.4) is 0 Å². The zero-order valence-corrected chi connectivity index (χ0v) is 13.0. The lowest BCUT2D eigenvalue weighted by atomic mass is 9.54. The normalized spacial score (nSPS) is 36.8. The highest BCUT2D eigenvalue weighted by Gasteiger charge is 2.53. The number of carbonyl (C=O) groups excluding carboxylic acids is 1. The molecule has 5 rings (SSSR count). The molecule has 2 heteroatoms. The van der Waals surface area contributed by atoms with Crippen LogP contribution in [0, 0.1) is 31.6 Å². The largest absolute Gasteiger partial charge is 0.455 e. The Hall–Kier alpha value is -1.31. The maximum Gasteiger partial charge on any atom is 0.338 e. The number of hydrogen-bond donors (Lipinski definition) is 0. The molecule has 4 bridgehead atoms. The minimum atomic E-state index is -0.134. The smallest absolute Gasteiger partial charge is 0.338 e. The fraction of sp³-hybridized carbons (Fsp3) is 0.632. The Bertz CT molecular complexity index is 552. The van der Waals surface area contributed by atoms with Gasteiger partial charge in [-0.2, -0.15) is 0 Å². The molecular formula is C19H24O2. The predicted molar refractivity (Wildman–Crippen MR) is 82.2 cm³/mol. The standard InChI is InChI=1S/C19H24O2/c1-12-3-4-17(5-13(12)2)18(20)21-19-9-14-6-15(10-19)8-16(7-14)11-19/h3-5,14-16H,6-11H2,1-2H3. The summed E-state index contributed by atoms with van der Waals surface area (Å²) < 4.78 is 6.09. The second-order valence-corrected chi connectivity index (χ2v) is 7.79. The highest BCUT2D eigenvalue weighted by molar-refractivity contribution is 5.90. The Morgan fingerprint density at radius 3 is 2.10 bits per heavy atom. The minimum Gasteiger partial charge on any atom is -0.455 e. The second kappa shape index (κ2) is 4.59. The van der Waals surface area contributed by atoms with Crippen LogP contribution in [0.4, 0.5) is 0 Å². The van der Waals surface area contributed by atoms with Crippen LogP contribution in [0.2, 0.25) is 0 Å². The van der Waals surface area contributed by atoms with Crippen LogP contribution in [-0.2, 0) is 4.74 Å². The number of hydrogen-bond acceptors (Lipinski definition) is 2. The summed E-state index contributed by atoms with van der Waals surface area (Å²) in [5.74, 6) is 2.32. The lowest BCUT2D eigenvalue weighted by Crippen LogP contribution is -2.52. The Balaban J connectivity index is 1.55. The monoisotopic (exact) mass is 284 g/mol. The van der Waals surface area contributed by atoms with Gasteiger partial charge in [0.1, 0.15) is 5.60 Å². The first-order chi connectivity index (χ1) is 10.0. The topological polar surface area (TPSA) is 26.3 Å². The summed E-state index contributed by atoms with van der Waals surface area (Å²) in [5, 5.41) is 0. The van der Waals surface area contributed by atoms with E-state index in [2.05, 4.69) is 13.8 Å². The summed E-state index contributed by atoms with van der Waals surface area (Å²) in [7, 11) is 0. The van der Waals surface area contributed by atoms with Crippen LogP contribution in [0.5, 0.6) is 0 Å². The summed E-state index contributed by atoms with van der Waals surface area (Å²) in [5.41, 5.74) is 2.97. The molecule has 112 valence electrons. The maximum absolute atomic E-state index is 12.6. The number of esters is 1. The third kappa shape index (κ3) is 2.29. The van der Waals surface area contributed by atoms with Crippen LogP contribution in [0.15, 0.2) is 18.2 Å². The Labute approximate surface area is 126 Å². The zero-order valence-electron chi connectivity index (χ0n) is 13.0. The Morgan fingerprint density at radius 2 is 1.57 bits per heavy atom. The van der Waals surface area contributed by atoms with Crippen molar-refractivity contribution in [1.29, 1.82) is 0 Å². The summed E-state index contributed by atoms with van der Waals surface area (Å²) in [4.78, 5) is 12.6. The molecule has 21 heavy (non-hydrogen) atoms. The number of carbonyl (C=O) groups is 1. The van der Waals surface area contributed by atoms with Crippen molar-refractivity contribution >= 4 is 5.97 Å². The molecule has 0 aromatic heterocycles. The molecule has 4 fully saturated rings. The second-order valence-electron chi connectivity index (χ2n) is 7.79. The molecule has 0 spiro atoms. The fourth-order valence-corrected chi connectivity index (χ4v) is 5.28. The first-order valence-corrected chi connectivity index (χ1v) is 8.34. The SMILES string of the molecule is Cc1ccc(C(=O)OC23CC4CC(CC(C4)C2)C3)cc1C. The van der Waals surface area contributed by atoms with Gasteiger partial charge >= 0.3 is 5.97 Å². The number of ether oxygens (including phenoxy) is 1. The average molecular weight is 284 g/mol. The first-order valence-electron chi connectivity index (χ1n) is 8.34. The molecule has 1 aromatic rings. The molecule has 0 amide bonds. The van der Waals surface area contributed by atoms with Crippen molar-refractivity contribution in [2.24, 2.45) is 17.8 Å². The molecule has 0 N–H and O–H groups in total. The summed E-state index contributed by atoms with van der Waals surface area (Å²) in [6.07, 6.45) is 7.45. The lowest BCUT2D eigenvalue weighted by molar-refractivity contribution is -0.131. The fourth-order valence-electron chi connectivity index (χ4n) is 5.28. The molecule has 0 atom stereocenters. The molecule has 1 aromatic carbocycles. The maximum atomic E-state index is 12.6. The minimum absolute atomic E-state index is 0.111. The quantitative estimate of drug-likeness (QED) is 0.751. The molecule has 0 heterocycles. The summed E-state index contributed by atoms with van der Waals surface area (Å²) in [6.45, 7) is 4.13. The van der Waals surface area contributed by atoms with E-state index in [1.165, 1.54) is 24.8 Å². The van der Waals surface area contributed by atoms with Gasteiger partial charge in [-0.3, -0.25) is 0 Å². The first kappa shape index (κ1) is 13.4. The van der Waals surface area contributed by atoms with Gasteiger partial charge in [0.2, 0.25) is 0 Å². The molecule has 4 saturated carbocycles. The molecule has 4 aliphatic rings. The average Bonchev–Trinajstić information content (AvgIpc) is 2.39.